The van der Waals surface area contributed by atoms with Crippen molar-refractivity contribution in [2.24, 2.45) is 16.0 Å². The molecule has 1 amide bonds. The number of sulfonamides is 2. The number of rotatable bonds is 7. The highest BCUT2D eigenvalue weighted by molar-refractivity contribution is 7.89. The van der Waals surface area contributed by atoms with E-state index in [1.807, 2.05) is 0 Å². The van der Waals surface area contributed by atoms with Crippen molar-refractivity contribution < 1.29 is 50.9 Å². The van der Waals surface area contributed by atoms with Crippen molar-refractivity contribution in [2.45, 2.75) is 9.79 Å². The van der Waals surface area contributed by atoms with E-state index in [9.17, 15) is 40.8 Å². The Morgan fingerprint density at radius 1 is 0.623 bits per heavy atom. The SMILES string of the molecule is COc1ccc[nH]c1=O.COc1ccc[nH]c1=O.NC(=O)c1cccnc1.NS(=O)(=O)c1ccc(C(=O)O)cc1.NS(=O)(=O)c1ccc(C(=O)O)cc1. The molecule has 0 radical (unpaired) electrons. The number of methoxy groups -OCH3 is 2. The molecule has 282 valence electrons. The minimum atomic E-state index is -3.74. The van der Waals surface area contributed by atoms with Crippen molar-refractivity contribution in [1.82, 2.24) is 15.0 Å². The molecule has 0 bridgehead atoms. The lowest BCUT2D eigenvalue weighted by Crippen LogP contribution is -2.12. The van der Waals surface area contributed by atoms with E-state index in [0.717, 1.165) is 24.3 Å². The average molecular weight is 775 g/mol. The molecule has 0 saturated carbocycles. The number of aromatic amines is 2. The topological polar surface area (TPSA) is 335 Å². The van der Waals surface area contributed by atoms with Crippen molar-refractivity contribution in [2.75, 3.05) is 14.2 Å². The van der Waals surface area contributed by atoms with Crippen molar-refractivity contribution >= 4 is 37.9 Å². The van der Waals surface area contributed by atoms with E-state index in [2.05, 4.69) is 15.0 Å². The lowest BCUT2D eigenvalue weighted by atomic mass is 10.2. The summed E-state index contributed by atoms with van der Waals surface area (Å²) in [5, 5.41) is 26.6. The lowest BCUT2D eigenvalue weighted by molar-refractivity contribution is 0.0686. The van der Waals surface area contributed by atoms with Gasteiger partial charge in [0.25, 0.3) is 11.1 Å². The zero-order chi connectivity index (χ0) is 40.2. The molecule has 53 heavy (non-hydrogen) atoms. The zero-order valence-electron chi connectivity index (χ0n) is 27.8. The number of hydrogen-bond acceptors (Lipinski definition) is 12. The summed E-state index contributed by atoms with van der Waals surface area (Å²) in [6.45, 7) is 0. The lowest BCUT2D eigenvalue weighted by Gasteiger charge is -1.97. The van der Waals surface area contributed by atoms with Gasteiger partial charge >= 0.3 is 11.9 Å². The van der Waals surface area contributed by atoms with Crippen LogP contribution in [0.15, 0.2) is 129 Å². The number of carboxylic acids is 2. The number of benzene rings is 2. The first kappa shape index (κ1) is 44.3. The Morgan fingerprint density at radius 3 is 1.21 bits per heavy atom. The van der Waals surface area contributed by atoms with Gasteiger partial charge in [0.1, 0.15) is 0 Å². The molecule has 2 aromatic carbocycles. The van der Waals surface area contributed by atoms with Gasteiger partial charge in [-0.15, -0.1) is 0 Å². The summed E-state index contributed by atoms with van der Waals surface area (Å²) in [7, 11) is -4.55. The molecule has 0 aliphatic heterocycles. The molecule has 21 heteroatoms. The number of primary sulfonamides is 2. The van der Waals surface area contributed by atoms with E-state index in [1.165, 1.54) is 44.7 Å². The van der Waals surface area contributed by atoms with Gasteiger partial charge in [0.2, 0.25) is 26.0 Å². The molecule has 0 spiro atoms. The van der Waals surface area contributed by atoms with E-state index in [4.69, 9.17) is 35.7 Å². The van der Waals surface area contributed by atoms with E-state index in [0.29, 0.717) is 17.1 Å². The van der Waals surface area contributed by atoms with Crippen molar-refractivity contribution in [3.8, 4) is 11.5 Å². The highest BCUT2D eigenvalue weighted by Gasteiger charge is 2.09. The monoisotopic (exact) mass is 774 g/mol. The number of carbonyl (C=O) groups is 3. The fourth-order valence-corrected chi connectivity index (χ4v) is 4.25. The number of aromatic carboxylic acids is 2. The smallest absolute Gasteiger partial charge is 0.335 e. The maximum Gasteiger partial charge on any atom is 0.335 e. The first-order valence-corrected chi connectivity index (χ1v) is 17.3. The maximum atomic E-state index is 10.7. The van der Waals surface area contributed by atoms with Gasteiger partial charge in [-0.25, -0.2) is 36.7 Å². The Morgan fingerprint density at radius 2 is 1.00 bits per heavy atom. The van der Waals surface area contributed by atoms with Crippen LogP contribution < -0.4 is 36.6 Å². The standard InChI is InChI=1S/2C7H7NO4S.C6H6N2O.2C6H7NO2/c2*8-13(11,12)6-3-1-5(2-4-6)7(9)10;7-6(9)5-2-1-3-8-4-5;2*1-9-5-3-2-4-7-6(5)8/h2*1-4H,(H,9,10)(H2,8,11,12);1-4H,(H2,7,9);2*2-4H,1H3,(H,7,8). The third kappa shape index (κ3) is 16.7. The molecule has 0 fully saturated rings. The molecular weight excluding hydrogens is 741 g/mol. The van der Waals surface area contributed by atoms with Gasteiger partial charge in [0.15, 0.2) is 11.5 Å². The highest BCUT2D eigenvalue weighted by Crippen LogP contribution is 2.09. The van der Waals surface area contributed by atoms with Gasteiger partial charge in [-0.2, -0.15) is 0 Å². The van der Waals surface area contributed by atoms with Crippen LogP contribution >= 0.6 is 0 Å². The van der Waals surface area contributed by atoms with Crippen molar-refractivity contribution in [3.05, 3.63) is 147 Å². The molecular formula is C32H34N6O13S2. The van der Waals surface area contributed by atoms with Crippen LogP contribution in [0.4, 0.5) is 0 Å². The van der Waals surface area contributed by atoms with E-state index >= 15 is 0 Å². The third-order valence-corrected chi connectivity index (χ3v) is 7.67. The number of pyridine rings is 3. The second-order valence-electron chi connectivity index (χ2n) is 9.49. The number of H-pyrrole nitrogens is 2. The third-order valence-electron chi connectivity index (χ3n) is 5.81. The number of nitrogens with one attached hydrogen (secondary N) is 2. The molecule has 19 nitrogen and oxygen atoms in total. The van der Waals surface area contributed by atoms with Crippen LogP contribution in [0.5, 0.6) is 11.5 Å². The summed E-state index contributed by atoms with van der Waals surface area (Å²) in [6, 6.07) is 19.3. The number of hydrogen-bond donors (Lipinski definition) is 7. The molecule has 0 atom stereocenters. The Labute approximate surface area is 301 Å². The largest absolute Gasteiger partial charge is 0.491 e. The van der Waals surface area contributed by atoms with E-state index < -0.39 is 37.9 Å². The van der Waals surface area contributed by atoms with Crippen LogP contribution in [0.1, 0.15) is 31.1 Å². The average Bonchev–Trinajstić information content (AvgIpc) is 3.13. The normalized spacial score (nSPS) is 10.0. The van der Waals surface area contributed by atoms with Crippen molar-refractivity contribution in [3.63, 3.8) is 0 Å². The predicted octanol–water partition coefficient (Wildman–Crippen LogP) is 1.01. The maximum absolute atomic E-state index is 10.7. The van der Waals surface area contributed by atoms with Gasteiger partial charge < -0.3 is 35.4 Å². The van der Waals surface area contributed by atoms with Crippen LogP contribution in [0.2, 0.25) is 0 Å². The number of ether oxygens (including phenoxy) is 2. The zero-order valence-corrected chi connectivity index (χ0v) is 29.4. The summed E-state index contributed by atoms with van der Waals surface area (Å²) in [4.78, 5) is 60.9. The van der Waals surface area contributed by atoms with Gasteiger partial charge in [0.05, 0.1) is 40.7 Å². The number of primary amides is 1. The summed E-state index contributed by atoms with van der Waals surface area (Å²) in [5.74, 6) is -1.97. The van der Waals surface area contributed by atoms with E-state index in [-0.39, 0.29) is 32.0 Å². The molecule has 10 N–H and O–H groups in total. The highest BCUT2D eigenvalue weighted by atomic mass is 32.2. The predicted molar refractivity (Wildman–Crippen MR) is 190 cm³/mol. The Bertz CT molecular complexity index is 2140. The van der Waals surface area contributed by atoms with Gasteiger partial charge in [0, 0.05) is 24.8 Å². The minimum absolute atomic E-state index is 0.0207. The van der Waals surface area contributed by atoms with Gasteiger partial charge in [-0.1, -0.05) is 0 Å². The Kier molecular flexibility index (Phi) is 18.0. The summed E-state index contributed by atoms with van der Waals surface area (Å²) in [6.07, 6.45) is 6.14. The minimum Gasteiger partial charge on any atom is -0.491 e. The second kappa shape index (κ2) is 21.5. The second-order valence-corrected chi connectivity index (χ2v) is 12.6. The summed E-state index contributed by atoms with van der Waals surface area (Å²) < 4.78 is 52.4. The Hall–Kier alpha value is -6.68. The van der Waals surface area contributed by atoms with E-state index in [1.54, 1.807) is 55.0 Å². The molecule has 5 rings (SSSR count). The van der Waals surface area contributed by atoms with Crippen LogP contribution in [-0.4, -0.2) is 74.1 Å². The number of carbonyl (C=O) groups excluding carboxylic acids is 1. The number of nitrogens with two attached hydrogens (primary N) is 3. The quantitative estimate of drug-likeness (QED) is 0.121. The van der Waals surface area contributed by atoms with Gasteiger partial charge in [-0.05, 0) is 84.9 Å². The molecule has 0 saturated heterocycles. The van der Waals surface area contributed by atoms with Crippen molar-refractivity contribution in [1.29, 1.82) is 0 Å². The molecule has 5 aromatic rings. The first-order valence-electron chi connectivity index (χ1n) is 14.2. The van der Waals surface area contributed by atoms with Crippen LogP contribution in [-0.2, 0) is 20.0 Å². The molecule has 3 aromatic heterocycles. The summed E-state index contributed by atoms with van der Waals surface area (Å²) in [5.41, 5.74) is 5.03. The number of aromatic nitrogens is 3. The Balaban J connectivity index is 0.000000335. The molecule has 3 heterocycles. The fourth-order valence-electron chi connectivity index (χ4n) is 3.22. The molecule has 0 aliphatic rings. The number of nitrogens with zero attached hydrogens (tertiary/aromatic N) is 1. The van der Waals surface area contributed by atoms with Crippen LogP contribution in [0.3, 0.4) is 0 Å². The summed E-state index contributed by atoms with van der Waals surface area (Å²) >= 11 is 0. The number of carboxylic acid groups (broad SMARTS) is 2. The van der Waals surface area contributed by atoms with Crippen LogP contribution in [0.25, 0.3) is 0 Å². The number of amides is 1. The molecule has 0 aliphatic carbocycles. The first-order chi connectivity index (χ1) is 24.8. The molecule has 0 unspecified atom stereocenters. The fraction of sp³-hybridized carbons (Fsp3) is 0.0625. The van der Waals surface area contributed by atoms with Crippen LogP contribution in [0, 0.1) is 0 Å². The van der Waals surface area contributed by atoms with Gasteiger partial charge in [-0.3, -0.25) is 19.4 Å².